The van der Waals surface area contributed by atoms with Crippen molar-refractivity contribution in [2.75, 3.05) is 13.7 Å². The fourth-order valence-corrected chi connectivity index (χ4v) is 2.44. The molecule has 0 radical (unpaired) electrons. The number of carbonyl (C=O) groups excluding carboxylic acids is 1. The van der Waals surface area contributed by atoms with Gasteiger partial charge in [0.1, 0.15) is 17.6 Å². The Hall–Kier alpha value is -1.55. The smallest absolute Gasteiger partial charge is 0.169 e. The van der Waals surface area contributed by atoms with E-state index in [4.69, 9.17) is 14.2 Å². The molecule has 4 nitrogen and oxygen atoms in total. The highest BCUT2D eigenvalue weighted by atomic mass is 16.5. The van der Waals surface area contributed by atoms with Crippen LogP contribution in [-0.2, 0) is 14.9 Å². The zero-order valence-corrected chi connectivity index (χ0v) is 13.4. The molecule has 0 aliphatic heterocycles. The second-order valence-electron chi connectivity index (χ2n) is 6.31. The Bertz CT molecular complexity index is 516. The van der Waals surface area contributed by atoms with Gasteiger partial charge in [-0.2, -0.15) is 0 Å². The molecule has 1 aromatic carbocycles. The van der Waals surface area contributed by atoms with Gasteiger partial charge in [-0.25, -0.2) is 0 Å². The summed E-state index contributed by atoms with van der Waals surface area (Å²) in [7, 11) is 1.65. The van der Waals surface area contributed by atoms with E-state index in [1.54, 1.807) is 7.11 Å². The molecule has 0 spiro atoms. The minimum Gasteiger partial charge on any atom is -0.497 e. The summed E-state index contributed by atoms with van der Waals surface area (Å²) in [5.41, 5.74) is 0.995. The molecule has 1 aliphatic rings. The monoisotopic (exact) mass is 292 g/mol. The van der Waals surface area contributed by atoms with Crippen molar-refractivity contribution in [3.63, 3.8) is 0 Å². The first kappa shape index (κ1) is 15.8. The Kier molecular flexibility index (Phi) is 4.57. The molecule has 0 saturated heterocycles. The van der Waals surface area contributed by atoms with Crippen LogP contribution in [0.5, 0.6) is 11.5 Å². The van der Waals surface area contributed by atoms with Crippen LogP contribution in [0.15, 0.2) is 18.2 Å². The number of hydrogen-bond acceptors (Lipinski definition) is 4. The molecule has 4 heteroatoms. The predicted octanol–water partition coefficient (Wildman–Crippen LogP) is 3.12. The molecule has 21 heavy (non-hydrogen) atoms. The van der Waals surface area contributed by atoms with Crippen LogP contribution in [-0.4, -0.2) is 31.7 Å². The summed E-state index contributed by atoms with van der Waals surface area (Å²) < 4.78 is 16.8. The molecule has 2 atom stereocenters. The molecule has 2 unspecified atom stereocenters. The number of methoxy groups -OCH3 is 1. The van der Waals surface area contributed by atoms with Gasteiger partial charge in [0.2, 0.25) is 0 Å². The number of benzene rings is 1. The Morgan fingerprint density at radius 3 is 2.52 bits per heavy atom. The molecule has 0 N–H and O–H groups in total. The number of Topliss-reactive ketones (excluding diaryl/α,β-unsaturated/α-hetero) is 1. The fraction of sp³-hybridized carbons (Fsp3) is 0.588. The van der Waals surface area contributed by atoms with E-state index in [2.05, 4.69) is 20.8 Å². The SMILES string of the molecule is CCOC1C(=O)CC1Oc1ccc(OC)cc1C(C)(C)C. The summed E-state index contributed by atoms with van der Waals surface area (Å²) in [5.74, 6) is 1.72. The first-order valence-electron chi connectivity index (χ1n) is 7.36. The van der Waals surface area contributed by atoms with Crippen LogP contribution in [0.3, 0.4) is 0 Å². The largest absolute Gasteiger partial charge is 0.497 e. The van der Waals surface area contributed by atoms with Crippen LogP contribution in [0.2, 0.25) is 0 Å². The van der Waals surface area contributed by atoms with E-state index < -0.39 is 6.10 Å². The maximum Gasteiger partial charge on any atom is 0.169 e. The van der Waals surface area contributed by atoms with Crippen molar-refractivity contribution < 1.29 is 19.0 Å². The second kappa shape index (κ2) is 6.06. The fourth-order valence-electron chi connectivity index (χ4n) is 2.44. The second-order valence-corrected chi connectivity index (χ2v) is 6.31. The Morgan fingerprint density at radius 1 is 1.29 bits per heavy atom. The van der Waals surface area contributed by atoms with Crippen molar-refractivity contribution >= 4 is 5.78 Å². The molecule has 0 aromatic heterocycles. The molecular formula is C17H24O4. The zero-order valence-electron chi connectivity index (χ0n) is 13.4. The maximum absolute atomic E-state index is 11.6. The lowest BCUT2D eigenvalue weighted by Crippen LogP contribution is -2.52. The highest BCUT2D eigenvalue weighted by Gasteiger charge is 2.43. The van der Waals surface area contributed by atoms with E-state index >= 15 is 0 Å². The average Bonchev–Trinajstić information content (AvgIpc) is 2.43. The Morgan fingerprint density at radius 2 is 2.00 bits per heavy atom. The highest BCUT2D eigenvalue weighted by molar-refractivity contribution is 5.90. The van der Waals surface area contributed by atoms with E-state index in [-0.39, 0.29) is 17.3 Å². The van der Waals surface area contributed by atoms with Crippen LogP contribution in [0, 0.1) is 0 Å². The van der Waals surface area contributed by atoms with Gasteiger partial charge in [-0.1, -0.05) is 20.8 Å². The molecule has 116 valence electrons. The van der Waals surface area contributed by atoms with E-state index in [0.717, 1.165) is 17.1 Å². The van der Waals surface area contributed by atoms with Gasteiger partial charge in [0.15, 0.2) is 11.9 Å². The number of ketones is 1. The number of hydrogen-bond donors (Lipinski definition) is 0. The van der Waals surface area contributed by atoms with Gasteiger partial charge in [0, 0.05) is 18.6 Å². The number of carbonyl (C=O) groups is 1. The summed E-state index contributed by atoms with van der Waals surface area (Å²) in [4.78, 5) is 11.6. The maximum atomic E-state index is 11.6. The van der Waals surface area contributed by atoms with E-state index in [9.17, 15) is 4.79 Å². The van der Waals surface area contributed by atoms with Crippen molar-refractivity contribution in [2.45, 2.75) is 51.7 Å². The molecule has 1 aliphatic carbocycles. The normalized spacial score (nSPS) is 21.9. The molecule has 1 fully saturated rings. The molecule has 0 heterocycles. The first-order chi connectivity index (χ1) is 9.86. The van der Waals surface area contributed by atoms with Gasteiger partial charge in [0.25, 0.3) is 0 Å². The minimum atomic E-state index is -0.426. The van der Waals surface area contributed by atoms with Crippen LogP contribution in [0.1, 0.15) is 39.7 Å². The Balaban J connectivity index is 2.22. The van der Waals surface area contributed by atoms with Crippen LogP contribution >= 0.6 is 0 Å². The first-order valence-corrected chi connectivity index (χ1v) is 7.36. The van der Waals surface area contributed by atoms with Crippen molar-refractivity contribution in [1.82, 2.24) is 0 Å². The van der Waals surface area contributed by atoms with Crippen molar-refractivity contribution in [1.29, 1.82) is 0 Å². The lowest BCUT2D eigenvalue weighted by atomic mass is 9.85. The molecule has 0 amide bonds. The molecule has 1 saturated carbocycles. The van der Waals surface area contributed by atoms with Gasteiger partial charge >= 0.3 is 0 Å². The Labute approximate surface area is 126 Å². The van der Waals surface area contributed by atoms with Crippen molar-refractivity contribution in [2.24, 2.45) is 0 Å². The molecule has 1 aromatic rings. The summed E-state index contributed by atoms with van der Waals surface area (Å²) in [5, 5.41) is 0. The van der Waals surface area contributed by atoms with Gasteiger partial charge < -0.3 is 14.2 Å². The van der Waals surface area contributed by atoms with Crippen LogP contribution in [0.25, 0.3) is 0 Å². The summed E-state index contributed by atoms with van der Waals surface area (Å²) in [6.45, 7) is 8.78. The quantitative estimate of drug-likeness (QED) is 0.836. The summed E-state index contributed by atoms with van der Waals surface area (Å²) >= 11 is 0. The lowest BCUT2D eigenvalue weighted by Gasteiger charge is -2.36. The molecule has 2 rings (SSSR count). The highest BCUT2D eigenvalue weighted by Crippen LogP contribution is 2.36. The summed E-state index contributed by atoms with van der Waals surface area (Å²) in [6, 6.07) is 5.78. The van der Waals surface area contributed by atoms with Gasteiger partial charge in [0.05, 0.1) is 7.11 Å². The molecular weight excluding hydrogens is 268 g/mol. The number of ether oxygens (including phenoxy) is 3. The predicted molar refractivity (Wildman–Crippen MR) is 81.1 cm³/mol. The third-order valence-electron chi connectivity index (χ3n) is 3.68. The minimum absolute atomic E-state index is 0.0707. The van der Waals surface area contributed by atoms with E-state index in [0.29, 0.717) is 13.0 Å². The van der Waals surface area contributed by atoms with E-state index in [1.165, 1.54) is 0 Å². The van der Waals surface area contributed by atoms with Crippen LogP contribution in [0.4, 0.5) is 0 Å². The summed E-state index contributed by atoms with van der Waals surface area (Å²) in [6.07, 6.45) is -0.197. The lowest BCUT2D eigenvalue weighted by molar-refractivity contribution is -0.154. The third-order valence-corrected chi connectivity index (χ3v) is 3.68. The zero-order chi connectivity index (χ0) is 15.6. The van der Waals surface area contributed by atoms with Crippen molar-refractivity contribution in [3.05, 3.63) is 23.8 Å². The third kappa shape index (κ3) is 3.38. The van der Waals surface area contributed by atoms with Crippen LogP contribution < -0.4 is 9.47 Å². The van der Waals surface area contributed by atoms with Crippen molar-refractivity contribution in [3.8, 4) is 11.5 Å². The number of rotatable bonds is 5. The standard InChI is InChI=1S/C17H24O4/c1-6-20-16-13(18)10-15(16)21-14-8-7-11(19-5)9-12(14)17(2,3)4/h7-9,15-16H,6,10H2,1-5H3. The van der Waals surface area contributed by atoms with Gasteiger partial charge in [-0.3, -0.25) is 4.79 Å². The van der Waals surface area contributed by atoms with Gasteiger partial charge in [-0.15, -0.1) is 0 Å². The molecule has 0 bridgehead atoms. The average molecular weight is 292 g/mol. The van der Waals surface area contributed by atoms with E-state index in [1.807, 2.05) is 25.1 Å². The topological polar surface area (TPSA) is 44.8 Å². The van der Waals surface area contributed by atoms with Gasteiger partial charge in [-0.05, 0) is 30.5 Å².